The summed E-state index contributed by atoms with van der Waals surface area (Å²) in [4.78, 5) is 0. The van der Waals surface area contributed by atoms with Gasteiger partial charge in [-0.05, 0) is 85.0 Å². The van der Waals surface area contributed by atoms with Crippen molar-refractivity contribution in [3.8, 4) is 33.4 Å². The third kappa shape index (κ3) is 6.34. The fraction of sp³-hybridized carbons (Fsp3) is 0.333. The van der Waals surface area contributed by atoms with E-state index in [0.717, 1.165) is 6.42 Å². The van der Waals surface area contributed by atoms with Crippen LogP contribution in [0.15, 0.2) is 97.1 Å². The van der Waals surface area contributed by atoms with E-state index in [-0.39, 0.29) is 16.9 Å². The normalized spacial score (nSPS) is 21.0. The highest BCUT2D eigenvalue weighted by molar-refractivity contribution is 7.87. The number of hydrogen-bond acceptors (Lipinski definition) is 2. The minimum Gasteiger partial charge on any atom is -0.283 e. The lowest BCUT2D eigenvalue weighted by Crippen LogP contribution is -2.64. The van der Waals surface area contributed by atoms with Crippen molar-refractivity contribution >= 4 is 10.1 Å². The van der Waals surface area contributed by atoms with Crippen LogP contribution in [0.3, 0.4) is 0 Å². The molecular weight excluding hydrogens is 662 g/mol. The van der Waals surface area contributed by atoms with Crippen LogP contribution in [0.4, 0.5) is 26.3 Å². The molecule has 2 atom stereocenters. The summed E-state index contributed by atoms with van der Waals surface area (Å²) in [6.45, 7) is 13.7. The van der Waals surface area contributed by atoms with Gasteiger partial charge < -0.3 is 0 Å². The van der Waals surface area contributed by atoms with Gasteiger partial charge in [0.2, 0.25) is 0 Å². The Morgan fingerprint density at radius 3 is 1.67 bits per heavy atom. The van der Waals surface area contributed by atoms with Gasteiger partial charge in [0, 0.05) is 0 Å². The van der Waals surface area contributed by atoms with Crippen molar-refractivity contribution in [2.75, 3.05) is 0 Å². The number of alkyl halides is 6. The largest absolute Gasteiger partial charge is 0.367 e. The van der Waals surface area contributed by atoms with Crippen LogP contribution in [-0.4, -0.2) is 36.0 Å². The summed E-state index contributed by atoms with van der Waals surface area (Å²) in [6, 6.07) is 32.0. The van der Waals surface area contributed by atoms with E-state index in [1.165, 1.54) is 55.6 Å². The maximum absolute atomic E-state index is 13.2. The predicted molar refractivity (Wildman–Crippen MR) is 182 cm³/mol. The van der Waals surface area contributed by atoms with Gasteiger partial charge in [-0.3, -0.25) is 4.55 Å². The van der Waals surface area contributed by atoms with Crippen LogP contribution in [0.25, 0.3) is 33.4 Å². The lowest BCUT2D eigenvalue weighted by molar-refractivity contribution is -0.264. The molecule has 10 heteroatoms. The first kappa shape index (κ1) is 36.4. The third-order valence-electron chi connectivity index (χ3n) is 9.14. The van der Waals surface area contributed by atoms with Crippen molar-refractivity contribution in [3.05, 3.63) is 119 Å². The quantitative estimate of drug-likeness (QED) is 0.116. The molecule has 4 aromatic rings. The average Bonchev–Trinajstić information content (AvgIpc) is 3.40. The van der Waals surface area contributed by atoms with E-state index in [0.29, 0.717) is 0 Å². The first-order valence-corrected chi connectivity index (χ1v) is 17.2. The van der Waals surface area contributed by atoms with Gasteiger partial charge in [-0.2, -0.15) is 26.0 Å². The zero-order chi connectivity index (χ0) is 36.4. The van der Waals surface area contributed by atoms with E-state index in [4.69, 9.17) is 4.55 Å². The number of benzene rings is 4. The number of halogens is 6. The van der Waals surface area contributed by atoms with Gasteiger partial charge in [0.25, 0.3) is 0 Å². The molecule has 2 unspecified atom stereocenters. The highest BCUT2D eigenvalue weighted by Crippen LogP contribution is 2.53. The van der Waals surface area contributed by atoms with Crippen molar-refractivity contribution in [2.45, 2.75) is 81.8 Å². The van der Waals surface area contributed by atoms with Gasteiger partial charge >= 0.3 is 27.0 Å². The van der Waals surface area contributed by atoms with E-state index in [1.54, 1.807) is 0 Å². The van der Waals surface area contributed by atoms with Crippen molar-refractivity contribution in [1.29, 1.82) is 0 Å². The molecule has 49 heavy (non-hydrogen) atoms. The molecule has 0 radical (unpaired) electrons. The molecular formula is C39H38F6O3S. The van der Waals surface area contributed by atoms with E-state index < -0.39 is 39.2 Å². The average molecular weight is 701 g/mol. The van der Waals surface area contributed by atoms with Crippen LogP contribution in [-0.2, 0) is 27.4 Å². The van der Waals surface area contributed by atoms with Crippen molar-refractivity contribution in [2.24, 2.45) is 0 Å². The van der Waals surface area contributed by atoms with E-state index in [1.807, 2.05) is 0 Å². The summed E-state index contributed by atoms with van der Waals surface area (Å²) in [7, 11) is -6.18. The van der Waals surface area contributed by atoms with Crippen LogP contribution in [0.1, 0.15) is 63.8 Å². The summed E-state index contributed by atoms with van der Waals surface area (Å²) >= 11 is 0. The minimum atomic E-state index is -6.18. The second kappa shape index (κ2) is 12.2. The number of allylic oxidation sites excluding steroid dienone is 1. The van der Waals surface area contributed by atoms with Gasteiger partial charge in [0.15, 0.2) is 6.17 Å². The molecule has 0 heterocycles. The highest BCUT2D eigenvalue weighted by Gasteiger charge is 2.79. The highest BCUT2D eigenvalue weighted by atomic mass is 32.2. The molecule has 3 nitrogen and oxygen atoms in total. The molecule has 1 N–H and O–H groups in total. The standard InChI is InChI=1S/C33H34.C6H4F6O3S/c1-32(2,3)25-15-11-22(12-16-25)28-19-20-29-27-10-8-7-9-24(27)21-30(29)31(28)23-13-17-26(18-14-23)33(4,5)6;7-3-1-2-4(8,16(13,14)15)6(11,12)5(3,9)10/h7-20H,21H2,1-6H3;1-3H,(H,13,14,15). The number of fused-ring (bicyclic) bond motifs is 3. The summed E-state index contributed by atoms with van der Waals surface area (Å²) in [5, 5.41) is -5.05. The van der Waals surface area contributed by atoms with Crippen LogP contribution in [0.5, 0.6) is 0 Å². The lowest BCUT2D eigenvalue weighted by atomic mass is 9.83. The Kier molecular flexibility index (Phi) is 9.03. The fourth-order valence-electron chi connectivity index (χ4n) is 6.15. The van der Waals surface area contributed by atoms with Gasteiger partial charge in [-0.25, -0.2) is 8.78 Å². The summed E-state index contributed by atoms with van der Waals surface area (Å²) in [5.74, 6) is -11.5. The first-order valence-electron chi connectivity index (χ1n) is 15.7. The molecule has 0 bridgehead atoms. The molecule has 2 aliphatic rings. The molecule has 0 spiro atoms. The molecule has 6 rings (SSSR count). The molecule has 2 aliphatic carbocycles. The molecule has 0 amide bonds. The zero-order valence-corrected chi connectivity index (χ0v) is 28.8. The lowest BCUT2D eigenvalue weighted by Gasteiger charge is -2.37. The number of rotatable bonds is 3. The fourth-order valence-corrected chi connectivity index (χ4v) is 6.86. The molecule has 260 valence electrons. The summed E-state index contributed by atoms with van der Waals surface area (Å²) in [5.41, 5.74) is 14.0. The van der Waals surface area contributed by atoms with E-state index in [9.17, 15) is 34.8 Å². The smallest absolute Gasteiger partial charge is 0.283 e. The minimum absolute atomic E-state index is 0.152. The second-order valence-corrected chi connectivity index (χ2v) is 16.1. The van der Waals surface area contributed by atoms with Gasteiger partial charge in [0.05, 0.1) is 0 Å². The molecule has 0 fully saturated rings. The van der Waals surface area contributed by atoms with E-state index >= 15 is 0 Å². The Morgan fingerprint density at radius 2 is 1.16 bits per heavy atom. The maximum Gasteiger partial charge on any atom is 0.367 e. The Morgan fingerprint density at radius 1 is 0.673 bits per heavy atom. The molecule has 0 aliphatic heterocycles. The monoisotopic (exact) mass is 700 g/mol. The second-order valence-electron chi connectivity index (χ2n) is 14.6. The van der Waals surface area contributed by atoms with Crippen molar-refractivity contribution in [1.82, 2.24) is 0 Å². The molecule has 0 saturated carbocycles. The van der Waals surface area contributed by atoms with Crippen LogP contribution in [0.2, 0.25) is 0 Å². The number of hydrogen-bond donors (Lipinski definition) is 1. The Balaban J connectivity index is 0.000000247. The van der Waals surface area contributed by atoms with Gasteiger partial charge in [0.1, 0.15) is 0 Å². The predicted octanol–water partition coefficient (Wildman–Crippen LogP) is 10.9. The SMILES string of the molecule is CC(C)(C)c1ccc(-c2ccc3c(c2-c2ccc(C(C)(C)C)cc2)Cc2ccccc2-3)cc1.O=S(=O)(O)C1(F)C=CC(F)C(F)(F)C1(F)F. The van der Waals surface area contributed by atoms with Crippen LogP contribution in [0, 0.1) is 0 Å². The topological polar surface area (TPSA) is 54.4 Å². The van der Waals surface area contributed by atoms with Crippen LogP contribution < -0.4 is 0 Å². The van der Waals surface area contributed by atoms with E-state index in [2.05, 4.69) is 126 Å². The molecule has 4 aromatic carbocycles. The van der Waals surface area contributed by atoms with Crippen molar-refractivity contribution in [3.63, 3.8) is 0 Å². The summed E-state index contributed by atoms with van der Waals surface area (Å²) in [6.07, 6.45) is -3.57. The van der Waals surface area contributed by atoms with Crippen molar-refractivity contribution < 1.29 is 39.3 Å². The Bertz CT molecular complexity index is 2010. The zero-order valence-electron chi connectivity index (χ0n) is 28.0. The first-order chi connectivity index (χ1) is 22.5. The van der Waals surface area contributed by atoms with Crippen LogP contribution >= 0.6 is 0 Å². The Hall–Kier alpha value is -3.89. The van der Waals surface area contributed by atoms with Gasteiger partial charge in [-0.1, -0.05) is 126 Å². The molecule has 0 aromatic heterocycles. The summed E-state index contributed by atoms with van der Waals surface area (Å²) < 4.78 is 105. The maximum atomic E-state index is 13.2. The third-order valence-corrected chi connectivity index (χ3v) is 10.3. The van der Waals surface area contributed by atoms with Gasteiger partial charge in [-0.15, -0.1) is 0 Å². The molecule has 0 saturated heterocycles. The Labute approximate surface area is 283 Å².